The Morgan fingerprint density at radius 1 is 1.30 bits per heavy atom. The molecule has 0 aliphatic carbocycles. The summed E-state index contributed by atoms with van der Waals surface area (Å²) in [6.07, 6.45) is 2.76. The highest BCUT2D eigenvalue weighted by Crippen LogP contribution is 2.19. The first-order valence-corrected chi connectivity index (χ1v) is 9.07. The number of ether oxygens (including phenoxy) is 1. The van der Waals surface area contributed by atoms with Gasteiger partial charge in [0.1, 0.15) is 6.54 Å². The topological polar surface area (TPSA) is 92.8 Å². The molecule has 0 saturated heterocycles. The lowest BCUT2D eigenvalue weighted by Crippen LogP contribution is -2.40. The van der Waals surface area contributed by atoms with Gasteiger partial charge in [-0.1, -0.05) is 19.4 Å². The molecule has 8 heteroatoms. The Hall–Kier alpha value is -2.09. The summed E-state index contributed by atoms with van der Waals surface area (Å²) >= 11 is 0. The minimum Gasteiger partial charge on any atom is -0.465 e. The zero-order chi connectivity index (χ0) is 17.5. The van der Waals surface area contributed by atoms with Crippen molar-refractivity contribution >= 4 is 27.6 Å². The largest absolute Gasteiger partial charge is 0.465 e. The maximum absolute atomic E-state index is 12.0. The van der Waals surface area contributed by atoms with Crippen molar-refractivity contribution < 1.29 is 22.7 Å². The summed E-state index contributed by atoms with van der Waals surface area (Å²) < 4.78 is 29.5. The highest BCUT2D eigenvalue weighted by molar-refractivity contribution is 7.92. The second-order valence-electron chi connectivity index (χ2n) is 5.02. The lowest BCUT2D eigenvalue weighted by Gasteiger charge is -2.22. The van der Waals surface area contributed by atoms with Gasteiger partial charge in [0, 0.05) is 6.54 Å². The maximum atomic E-state index is 12.0. The van der Waals surface area contributed by atoms with E-state index in [1.807, 2.05) is 6.92 Å². The molecule has 1 aromatic carbocycles. The highest BCUT2D eigenvalue weighted by atomic mass is 32.2. The minimum atomic E-state index is -3.67. The van der Waals surface area contributed by atoms with Gasteiger partial charge in [0.15, 0.2) is 0 Å². The molecule has 1 aromatic rings. The molecule has 0 aliphatic rings. The molecule has 23 heavy (non-hydrogen) atoms. The van der Waals surface area contributed by atoms with Crippen LogP contribution in [0.1, 0.15) is 30.1 Å². The molecule has 7 nitrogen and oxygen atoms in total. The summed E-state index contributed by atoms with van der Waals surface area (Å²) in [6.45, 7) is 2.15. The number of nitrogens with zero attached hydrogens (tertiary/aromatic N) is 1. The molecule has 0 unspecified atom stereocenters. The van der Waals surface area contributed by atoms with Crippen LogP contribution in [0.15, 0.2) is 24.3 Å². The number of hydrogen-bond donors (Lipinski definition) is 1. The van der Waals surface area contributed by atoms with Gasteiger partial charge in [-0.15, -0.1) is 0 Å². The van der Waals surface area contributed by atoms with Crippen LogP contribution in [-0.2, 0) is 19.6 Å². The van der Waals surface area contributed by atoms with Crippen molar-refractivity contribution in [2.24, 2.45) is 0 Å². The maximum Gasteiger partial charge on any atom is 0.337 e. The van der Waals surface area contributed by atoms with E-state index in [1.165, 1.54) is 31.4 Å². The molecule has 1 amide bonds. The van der Waals surface area contributed by atoms with Crippen LogP contribution in [0.3, 0.4) is 0 Å². The Morgan fingerprint density at radius 2 is 2.00 bits per heavy atom. The van der Waals surface area contributed by atoms with E-state index in [9.17, 15) is 18.0 Å². The summed E-state index contributed by atoms with van der Waals surface area (Å²) in [4.78, 5) is 23.5. The van der Waals surface area contributed by atoms with Crippen molar-refractivity contribution in [1.29, 1.82) is 0 Å². The van der Waals surface area contributed by atoms with Crippen molar-refractivity contribution in [3.05, 3.63) is 29.8 Å². The van der Waals surface area contributed by atoms with Crippen molar-refractivity contribution in [1.82, 2.24) is 5.32 Å². The predicted octanol–water partition coefficient (Wildman–Crippen LogP) is 1.16. The number of carbonyl (C=O) groups is 2. The van der Waals surface area contributed by atoms with E-state index in [0.29, 0.717) is 6.54 Å². The third kappa shape index (κ3) is 5.90. The molecule has 1 N–H and O–H groups in total. The van der Waals surface area contributed by atoms with Crippen LogP contribution < -0.4 is 9.62 Å². The molecule has 0 aliphatic heterocycles. The zero-order valence-corrected chi connectivity index (χ0v) is 14.4. The number of rotatable bonds is 8. The second kappa shape index (κ2) is 8.52. The first-order valence-electron chi connectivity index (χ1n) is 7.22. The van der Waals surface area contributed by atoms with Crippen LogP contribution in [0, 0.1) is 0 Å². The number of unbranched alkanes of at least 4 members (excludes halogenated alkanes) is 1. The van der Waals surface area contributed by atoms with Gasteiger partial charge >= 0.3 is 5.97 Å². The highest BCUT2D eigenvalue weighted by Gasteiger charge is 2.21. The van der Waals surface area contributed by atoms with E-state index in [2.05, 4.69) is 10.1 Å². The number of amides is 1. The van der Waals surface area contributed by atoms with E-state index in [0.717, 1.165) is 23.4 Å². The van der Waals surface area contributed by atoms with Gasteiger partial charge in [-0.25, -0.2) is 13.2 Å². The smallest absolute Gasteiger partial charge is 0.337 e. The normalized spacial score (nSPS) is 10.9. The van der Waals surface area contributed by atoms with Gasteiger partial charge in [-0.3, -0.25) is 9.10 Å². The number of esters is 1. The van der Waals surface area contributed by atoms with Crippen LogP contribution in [0.25, 0.3) is 0 Å². The Bertz CT molecular complexity index is 658. The molecule has 0 aromatic heterocycles. The van der Waals surface area contributed by atoms with Crippen molar-refractivity contribution in [3.63, 3.8) is 0 Å². The number of sulfonamides is 1. The fourth-order valence-corrected chi connectivity index (χ4v) is 2.75. The van der Waals surface area contributed by atoms with Gasteiger partial charge in [0.2, 0.25) is 15.9 Å². The summed E-state index contributed by atoms with van der Waals surface area (Å²) in [5, 5.41) is 2.67. The number of anilines is 1. The number of benzene rings is 1. The minimum absolute atomic E-state index is 0.213. The first-order chi connectivity index (χ1) is 10.8. The van der Waals surface area contributed by atoms with Gasteiger partial charge < -0.3 is 10.1 Å². The molecule has 0 saturated carbocycles. The lowest BCUT2D eigenvalue weighted by atomic mass is 10.2. The SMILES string of the molecule is CCCCNC(=O)CN(c1cccc(C(=O)OC)c1)S(C)(=O)=O. The van der Waals surface area contributed by atoms with Crippen molar-refractivity contribution in [2.45, 2.75) is 19.8 Å². The van der Waals surface area contributed by atoms with Gasteiger partial charge in [-0.05, 0) is 24.6 Å². The zero-order valence-electron chi connectivity index (χ0n) is 13.5. The Balaban J connectivity index is 3.00. The first kappa shape index (κ1) is 19.0. The molecule has 1 rings (SSSR count). The van der Waals surface area contributed by atoms with Gasteiger partial charge in [0.25, 0.3) is 0 Å². The Kier molecular flexibility index (Phi) is 7.02. The molecular formula is C15H22N2O5S. The van der Waals surface area contributed by atoms with Crippen LogP contribution in [0.5, 0.6) is 0 Å². The third-order valence-corrected chi connectivity index (χ3v) is 4.24. The van der Waals surface area contributed by atoms with E-state index in [1.54, 1.807) is 0 Å². The fourth-order valence-electron chi connectivity index (χ4n) is 1.90. The van der Waals surface area contributed by atoms with Crippen LogP contribution in [0.2, 0.25) is 0 Å². The molecule has 0 fully saturated rings. The molecule has 0 radical (unpaired) electrons. The Labute approximate surface area is 136 Å². The Morgan fingerprint density at radius 3 is 2.57 bits per heavy atom. The van der Waals surface area contributed by atoms with Crippen LogP contribution >= 0.6 is 0 Å². The average molecular weight is 342 g/mol. The second-order valence-corrected chi connectivity index (χ2v) is 6.92. The number of carbonyl (C=O) groups excluding carboxylic acids is 2. The summed E-state index contributed by atoms with van der Waals surface area (Å²) in [5.41, 5.74) is 0.450. The van der Waals surface area contributed by atoms with E-state index >= 15 is 0 Å². The van der Waals surface area contributed by atoms with E-state index in [-0.39, 0.29) is 17.8 Å². The molecule has 128 valence electrons. The predicted molar refractivity (Wildman–Crippen MR) is 87.9 cm³/mol. The quantitative estimate of drug-likeness (QED) is 0.565. The molecular weight excluding hydrogens is 320 g/mol. The van der Waals surface area contributed by atoms with Crippen molar-refractivity contribution in [3.8, 4) is 0 Å². The van der Waals surface area contributed by atoms with Gasteiger partial charge in [0.05, 0.1) is 24.6 Å². The number of hydrogen-bond acceptors (Lipinski definition) is 5. The van der Waals surface area contributed by atoms with Crippen molar-refractivity contribution in [2.75, 3.05) is 30.8 Å². The molecule has 0 bridgehead atoms. The number of methoxy groups -OCH3 is 1. The molecule has 0 atom stereocenters. The van der Waals surface area contributed by atoms with Crippen LogP contribution in [-0.4, -0.2) is 46.7 Å². The monoisotopic (exact) mass is 342 g/mol. The van der Waals surface area contributed by atoms with Gasteiger partial charge in [-0.2, -0.15) is 0 Å². The fraction of sp³-hybridized carbons (Fsp3) is 0.467. The standard InChI is InChI=1S/C15H22N2O5S/c1-4-5-9-16-14(18)11-17(23(3,20)21)13-8-6-7-12(10-13)15(19)22-2/h6-8,10H,4-5,9,11H2,1-3H3,(H,16,18). The van der Waals surface area contributed by atoms with E-state index < -0.39 is 21.9 Å². The molecule has 0 spiro atoms. The van der Waals surface area contributed by atoms with E-state index in [4.69, 9.17) is 0 Å². The lowest BCUT2D eigenvalue weighted by molar-refractivity contribution is -0.119. The summed E-state index contributed by atoms with van der Waals surface area (Å²) in [5.74, 6) is -0.972. The third-order valence-electron chi connectivity index (χ3n) is 3.10. The number of nitrogens with one attached hydrogen (secondary N) is 1. The average Bonchev–Trinajstić information content (AvgIpc) is 2.51. The summed E-state index contributed by atoms with van der Waals surface area (Å²) in [7, 11) is -2.43. The molecule has 0 heterocycles. The van der Waals surface area contributed by atoms with Crippen LogP contribution in [0.4, 0.5) is 5.69 Å². The summed E-state index contributed by atoms with van der Waals surface area (Å²) in [6, 6.07) is 5.95.